The Morgan fingerprint density at radius 2 is 1.90 bits per heavy atom. The lowest BCUT2D eigenvalue weighted by Gasteiger charge is -2.10. The van der Waals surface area contributed by atoms with Crippen LogP contribution in [0.25, 0.3) is 0 Å². The van der Waals surface area contributed by atoms with Gasteiger partial charge in [-0.3, -0.25) is 4.79 Å². The molecule has 0 aliphatic heterocycles. The molecule has 1 aliphatic rings. The Morgan fingerprint density at radius 1 is 1.25 bits per heavy atom. The molecule has 6 nitrogen and oxygen atoms in total. The number of nitrogens with two attached hydrogens (primary N) is 2. The molecule has 1 aromatic carbocycles. The van der Waals surface area contributed by atoms with Gasteiger partial charge in [-0.1, -0.05) is 24.3 Å². The van der Waals surface area contributed by atoms with Crippen LogP contribution in [0.15, 0.2) is 41.3 Å². The third-order valence-electron chi connectivity index (χ3n) is 3.17. The molecule has 0 spiro atoms. The van der Waals surface area contributed by atoms with E-state index in [9.17, 15) is 13.2 Å². The van der Waals surface area contributed by atoms with Gasteiger partial charge in [-0.05, 0) is 24.1 Å². The van der Waals surface area contributed by atoms with Crippen molar-refractivity contribution < 1.29 is 13.2 Å². The second kappa shape index (κ2) is 5.74. The molecule has 2 rings (SSSR count). The Kier molecular flexibility index (Phi) is 4.22. The van der Waals surface area contributed by atoms with E-state index >= 15 is 0 Å². The zero-order chi connectivity index (χ0) is 14.8. The highest BCUT2D eigenvalue weighted by Gasteiger charge is 2.22. The zero-order valence-corrected chi connectivity index (χ0v) is 11.6. The van der Waals surface area contributed by atoms with Crippen LogP contribution in [0.1, 0.15) is 12.0 Å². The van der Waals surface area contributed by atoms with E-state index in [0.717, 1.165) is 5.56 Å². The fourth-order valence-corrected chi connectivity index (χ4v) is 2.55. The number of amides is 1. The number of hydrogen-bond donors (Lipinski definition) is 3. The first-order valence-electron chi connectivity index (χ1n) is 6.19. The molecule has 0 radical (unpaired) electrons. The van der Waals surface area contributed by atoms with Gasteiger partial charge >= 0.3 is 0 Å². The summed E-state index contributed by atoms with van der Waals surface area (Å²) in [6.45, 7) is 0.337. The van der Waals surface area contributed by atoms with Crippen LogP contribution in [0.2, 0.25) is 0 Å². The maximum atomic E-state index is 11.9. The van der Waals surface area contributed by atoms with E-state index < -0.39 is 10.0 Å². The second-order valence-electron chi connectivity index (χ2n) is 4.80. The molecule has 108 valence electrons. The maximum absolute atomic E-state index is 11.9. The molecule has 2 unspecified atom stereocenters. The van der Waals surface area contributed by atoms with E-state index in [-0.39, 0.29) is 22.8 Å². The fourth-order valence-electron chi connectivity index (χ4n) is 2.04. The molecular weight excluding hydrogens is 278 g/mol. The van der Waals surface area contributed by atoms with E-state index in [1.165, 1.54) is 12.1 Å². The maximum Gasteiger partial charge on any atom is 0.238 e. The Balaban J connectivity index is 1.91. The molecule has 0 saturated carbocycles. The average Bonchev–Trinajstić information content (AvgIpc) is 2.82. The van der Waals surface area contributed by atoms with E-state index in [1.54, 1.807) is 12.1 Å². The predicted molar refractivity (Wildman–Crippen MR) is 74.9 cm³/mol. The molecule has 5 N–H and O–H groups in total. The standard InChI is InChI=1S/C13H17N3O3S/c14-11-4-3-10(7-11)13(17)16-8-9-1-5-12(6-2-9)20(15,18)19/h1-6,10-11H,7-8,14H2,(H,16,17)(H2,15,18,19). The third kappa shape index (κ3) is 3.66. The Hall–Kier alpha value is -1.70. The summed E-state index contributed by atoms with van der Waals surface area (Å²) in [5, 5.41) is 7.80. The van der Waals surface area contributed by atoms with Crippen LogP contribution in [0.3, 0.4) is 0 Å². The number of hydrogen-bond acceptors (Lipinski definition) is 4. The topological polar surface area (TPSA) is 115 Å². The SMILES string of the molecule is NC1C=CC(C(=O)NCc2ccc(S(N)(=O)=O)cc2)C1. The summed E-state index contributed by atoms with van der Waals surface area (Å²) in [6, 6.07) is 6.02. The van der Waals surface area contributed by atoms with Crippen LogP contribution in [-0.2, 0) is 21.4 Å². The molecule has 0 saturated heterocycles. The van der Waals surface area contributed by atoms with Crippen molar-refractivity contribution >= 4 is 15.9 Å². The Labute approximate surface area is 117 Å². The smallest absolute Gasteiger partial charge is 0.238 e. The van der Waals surface area contributed by atoms with Crippen LogP contribution in [-0.4, -0.2) is 20.4 Å². The van der Waals surface area contributed by atoms with E-state index in [4.69, 9.17) is 10.9 Å². The zero-order valence-electron chi connectivity index (χ0n) is 10.8. The van der Waals surface area contributed by atoms with Gasteiger partial charge in [0.1, 0.15) is 0 Å². The van der Waals surface area contributed by atoms with Crippen LogP contribution in [0.5, 0.6) is 0 Å². The van der Waals surface area contributed by atoms with Crippen molar-refractivity contribution in [2.24, 2.45) is 16.8 Å². The number of nitrogens with one attached hydrogen (secondary N) is 1. The summed E-state index contributed by atoms with van der Waals surface area (Å²) in [4.78, 5) is 11.9. The summed E-state index contributed by atoms with van der Waals surface area (Å²) < 4.78 is 22.2. The highest BCUT2D eigenvalue weighted by molar-refractivity contribution is 7.89. The van der Waals surface area contributed by atoms with Crippen LogP contribution in [0, 0.1) is 5.92 Å². The molecule has 0 fully saturated rings. The number of rotatable bonds is 4. The minimum absolute atomic E-state index is 0.0530. The molecule has 20 heavy (non-hydrogen) atoms. The number of sulfonamides is 1. The molecule has 0 aromatic heterocycles. The Bertz CT molecular complexity index is 623. The normalized spacial score (nSPS) is 21.9. The third-order valence-corrected chi connectivity index (χ3v) is 4.10. The molecule has 7 heteroatoms. The summed E-state index contributed by atoms with van der Waals surface area (Å²) >= 11 is 0. The lowest BCUT2D eigenvalue weighted by atomic mass is 10.1. The van der Waals surface area contributed by atoms with Crippen molar-refractivity contribution in [3.63, 3.8) is 0 Å². The minimum Gasteiger partial charge on any atom is -0.352 e. The van der Waals surface area contributed by atoms with Crippen molar-refractivity contribution in [3.05, 3.63) is 42.0 Å². The summed E-state index contributed by atoms with van der Waals surface area (Å²) in [6.07, 6.45) is 4.26. The second-order valence-corrected chi connectivity index (χ2v) is 6.36. The fraction of sp³-hybridized carbons (Fsp3) is 0.308. The molecule has 1 amide bonds. The molecule has 0 bridgehead atoms. The molecule has 1 aliphatic carbocycles. The van der Waals surface area contributed by atoms with E-state index in [2.05, 4.69) is 5.32 Å². The average molecular weight is 295 g/mol. The van der Waals surface area contributed by atoms with Gasteiger partial charge in [0, 0.05) is 12.6 Å². The van der Waals surface area contributed by atoms with Gasteiger partial charge in [0.2, 0.25) is 15.9 Å². The summed E-state index contributed by atoms with van der Waals surface area (Å²) in [7, 11) is -3.68. The molecule has 1 aromatic rings. The van der Waals surface area contributed by atoms with Crippen molar-refractivity contribution in [1.82, 2.24) is 5.32 Å². The van der Waals surface area contributed by atoms with Gasteiger partial charge < -0.3 is 11.1 Å². The highest BCUT2D eigenvalue weighted by atomic mass is 32.2. The monoisotopic (exact) mass is 295 g/mol. The largest absolute Gasteiger partial charge is 0.352 e. The van der Waals surface area contributed by atoms with Gasteiger partial charge in [-0.25, -0.2) is 13.6 Å². The van der Waals surface area contributed by atoms with Gasteiger partial charge in [0.15, 0.2) is 0 Å². The van der Waals surface area contributed by atoms with Crippen LogP contribution >= 0.6 is 0 Å². The van der Waals surface area contributed by atoms with Crippen molar-refractivity contribution in [2.45, 2.75) is 23.9 Å². The summed E-state index contributed by atoms with van der Waals surface area (Å²) in [5.74, 6) is -0.265. The highest BCUT2D eigenvalue weighted by Crippen LogP contribution is 2.16. The van der Waals surface area contributed by atoms with E-state index in [0.29, 0.717) is 13.0 Å². The number of primary sulfonamides is 1. The molecule has 2 atom stereocenters. The lowest BCUT2D eigenvalue weighted by molar-refractivity contribution is -0.123. The van der Waals surface area contributed by atoms with Gasteiger partial charge in [0.25, 0.3) is 0 Å². The number of carbonyl (C=O) groups is 1. The lowest BCUT2D eigenvalue weighted by Crippen LogP contribution is -2.30. The quantitative estimate of drug-likeness (QED) is 0.670. The van der Waals surface area contributed by atoms with Crippen LogP contribution in [0.4, 0.5) is 0 Å². The Morgan fingerprint density at radius 3 is 2.40 bits per heavy atom. The summed E-state index contributed by atoms with van der Waals surface area (Å²) in [5.41, 5.74) is 6.49. The first kappa shape index (κ1) is 14.7. The van der Waals surface area contributed by atoms with Gasteiger partial charge in [-0.2, -0.15) is 0 Å². The predicted octanol–water partition coefficient (Wildman–Crippen LogP) is -0.146. The van der Waals surface area contributed by atoms with Crippen LogP contribution < -0.4 is 16.2 Å². The van der Waals surface area contributed by atoms with Gasteiger partial charge in [-0.15, -0.1) is 0 Å². The number of benzene rings is 1. The minimum atomic E-state index is -3.68. The van der Waals surface area contributed by atoms with Crippen molar-refractivity contribution in [1.29, 1.82) is 0 Å². The van der Waals surface area contributed by atoms with Gasteiger partial charge in [0.05, 0.1) is 10.8 Å². The number of carbonyl (C=O) groups excluding carboxylic acids is 1. The first-order valence-corrected chi connectivity index (χ1v) is 7.74. The molecule has 0 heterocycles. The molecular formula is C13H17N3O3S. The first-order chi connectivity index (χ1) is 9.36. The van der Waals surface area contributed by atoms with Crippen molar-refractivity contribution in [3.8, 4) is 0 Å². The van der Waals surface area contributed by atoms with Crippen molar-refractivity contribution in [2.75, 3.05) is 0 Å². The van der Waals surface area contributed by atoms with E-state index in [1.807, 2.05) is 12.2 Å².